The van der Waals surface area contributed by atoms with Crippen LogP contribution in [-0.4, -0.2) is 21.7 Å². The first kappa shape index (κ1) is 16.8. The minimum absolute atomic E-state index is 0. The molecule has 0 saturated carbocycles. The second-order valence-corrected chi connectivity index (χ2v) is 4.59. The summed E-state index contributed by atoms with van der Waals surface area (Å²) in [6, 6.07) is 6.05. The predicted octanol–water partition coefficient (Wildman–Crippen LogP) is 2.23. The zero-order chi connectivity index (χ0) is 13.0. The van der Waals surface area contributed by atoms with Crippen molar-refractivity contribution in [1.82, 2.24) is 0 Å². The summed E-state index contributed by atoms with van der Waals surface area (Å²) in [6.07, 6.45) is 0. The average molecular weight is 312 g/mol. The summed E-state index contributed by atoms with van der Waals surface area (Å²) in [4.78, 5) is 33.1. The molecule has 0 atom stereocenters. The number of hydrogen-bond donors (Lipinski definition) is 0. The van der Waals surface area contributed by atoms with Crippen LogP contribution in [0.1, 0.15) is 13.8 Å². The number of para-hydroxylation sites is 1. The van der Waals surface area contributed by atoms with Crippen molar-refractivity contribution in [2.24, 2.45) is 0 Å². The molecule has 0 fully saturated rings. The molecule has 1 rings (SSSR count). The average Bonchev–Trinajstić information content (AvgIpc) is 2.25. The Morgan fingerprint density at radius 1 is 1.22 bits per heavy atom. The molecule has 0 saturated heterocycles. The second kappa shape index (κ2) is 7.30. The van der Waals surface area contributed by atoms with E-state index in [4.69, 9.17) is 0 Å². The molecule has 18 heavy (non-hydrogen) atoms. The number of ketones is 2. The maximum Gasteiger partial charge on any atom is 0.282 e. The van der Waals surface area contributed by atoms with Gasteiger partial charge in [0.05, 0.1) is 9.82 Å². The van der Waals surface area contributed by atoms with Gasteiger partial charge in [0.2, 0.25) is 0 Å². The zero-order valence-electron chi connectivity index (χ0n) is 9.71. The minimum atomic E-state index is -0.879. The molecule has 0 aliphatic rings. The fourth-order valence-corrected chi connectivity index (χ4v) is 2.29. The first-order chi connectivity index (χ1) is 7.93. The largest absolute Gasteiger partial charge is 0.298 e. The molecule has 1 radical (unpaired) electrons. The van der Waals surface area contributed by atoms with Crippen molar-refractivity contribution in [3.8, 4) is 0 Å². The van der Waals surface area contributed by atoms with Crippen LogP contribution in [0.3, 0.4) is 0 Å². The van der Waals surface area contributed by atoms with E-state index in [0.29, 0.717) is 4.90 Å². The van der Waals surface area contributed by atoms with Crippen LogP contribution < -0.4 is 0 Å². The summed E-state index contributed by atoms with van der Waals surface area (Å²) in [5.41, 5.74) is -0.0926. The molecule has 0 heterocycles. The van der Waals surface area contributed by atoms with Crippen molar-refractivity contribution in [3.05, 3.63) is 34.4 Å². The molecule has 99 valence electrons. The van der Waals surface area contributed by atoms with Crippen molar-refractivity contribution in [2.45, 2.75) is 24.0 Å². The van der Waals surface area contributed by atoms with Crippen LogP contribution in [0.5, 0.6) is 0 Å². The van der Waals surface area contributed by atoms with Gasteiger partial charge in [-0.15, -0.1) is 0 Å². The van der Waals surface area contributed by atoms with Crippen molar-refractivity contribution < 1.29 is 31.3 Å². The molecule has 0 aliphatic heterocycles. The van der Waals surface area contributed by atoms with E-state index >= 15 is 0 Å². The molecule has 0 N–H and O–H groups in total. The fourth-order valence-electron chi connectivity index (χ4n) is 1.29. The molecule has 7 heteroatoms. The molecule has 1 aromatic carbocycles. The summed E-state index contributed by atoms with van der Waals surface area (Å²) < 4.78 is 0. The molecule has 0 bridgehead atoms. The van der Waals surface area contributed by atoms with E-state index in [1.807, 2.05) is 0 Å². The maximum absolute atomic E-state index is 11.3. The Balaban J connectivity index is 0.00000289. The van der Waals surface area contributed by atoms with Gasteiger partial charge in [0, 0.05) is 22.8 Å². The first-order valence-corrected chi connectivity index (χ1v) is 5.72. The molecule has 1 aromatic rings. The number of carbonyl (C=O) groups is 2. The molecule has 0 unspecified atom stereocenters. The Bertz CT molecular complexity index is 464. The second-order valence-electron chi connectivity index (χ2n) is 3.44. The molecular weight excluding hydrogens is 301 g/mol. The number of rotatable bonds is 5. The SMILES string of the molecule is CC(=O)C(Sc1ccccc1[N+](=O)[O-])C(C)=O.[Co]. The van der Waals surface area contributed by atoms with Gasteiger partial charge in [-0.1, -0.05) is 23.9 Å². The van der Waals surface area contributed by atoms with Gasteiger partial charge >= 0.3 is 0 Å². The number of nitro groups is 1. The van der Waals surface area contributed by atoms with E-state index in [1.54, 1.807) is 12.1 Å². The van der Waals surface area contributed by atoms with Crippen LogP contribution in [0, 0.1) is 10.1 Å². The molecular formula is C11H11CoNO4S. The Morgan fingerprint density at radius 3 is 2.17 bits per heavy atom. The predicted molar refractivity (Wildman–Crippen MR) is 64.1 cm³/mol. The molecule has 5 nitrogen and oxygen atoms in total. The minimum Gasteiger partial charge on any atom is -0.298 e. The molecule has 0 amide bonds. The van der Waals surface area contributed by atoms with Gasteiger partial charge in [0.1, 0.15) is 5.25 Å². The van der Waals surface area contributed by atoms with Gasteiger partial charge in [0.15, 0.2) is 11.6 Å². The van der Waals surface area contributed by atoms with Crippen LogP contribution in [-0.2, 0) is 26.4 Å². The smallest absolute Gasteiger partial charge is 0.282 e. The number of nitrogens with zero attached hydrogens (tertiary/aromatic N) is 1. The standard InChI is InChI=1S/C11H11NO4S.Co/c1-7(13)11(8(2)14)17-10-6-4-3-5-9(10)12(15)16;/h3-6,11H,1-2H3;. The van der Waals surface area contributed by atoms with Crippen LogP contribution in [0.2, 0.25) is 0 Å². The summed E-state index contributed by atoms with van der Waals surface area (Å²) in [5, 5.41) is 9.89. The van der Waals surface area contributed by atoms with Crippen LogP contribution >= 0.6 is 11.8 Å². The summed E-state index contributed by atoms with van der Waals surface area (Å²) in [6.45, 7) is 2.60. The van der Waals surface area contributed by atoms with E-state index in [1.165, 1.54) is 26.0 Å². The van der Waals surface area contributed by atoms with Gasteiger partial charge in [-0.3, -0.25) is 19.7 Å². The normalized spacial score (nSPS) is 9.72. The number of thioether (sulfide) groups is 1. The summed E-state index contributed by atoms with van der Waals surface area (Å²) in [7, 11) is 0. The third kappa shape index (κ3) is 4.24. The van der Waals surface area contributed by atoms with Gasteiger partial charge in [-0.25, -0.2) is 0 Å². The first-order valence-electron chi connectivity index (χ1n) is 4.84. The van der Waals surface area contributed by atoms with E-state index in [0.717, 1.165) is 11.8 Å². The van der Waals surface area contributed by atoms with E-state index in [2.05, 4.69) is 0 Å². The Kier molecular flexibility index (Phi) is 6.82. The zero-order valence-corrected chi connectivity index (χ0v) is 11.6. The Morgan fingerprint density at radius 2 is 1.72 bits per heavy atom. The Labute approximate surface area is 119 Å². The monoisotopic (exact) mass is 312 g/mol. The topological polar surface area (TPSA) is 77.3 Å². The van der Waals surface area contributed by atoms with Gasteiger partial charge in [0.25, 0.3) is 5.69 Å². The number of carbonyl (C=O) groups excluding carboxylic acids is 2. The van der Waals surface area contributed by atoms with E-state index in [-0.39, 0.29) is 34.0 Å². The number of Topliss-reactive ketones (excluding diaryl/α,β-unsaturated/α-hetero) is 2. The number of nitro benzene ring substituents is 1. The van der Waals surface area contributed by atoms with E-state index < -0.39 is 10.2 Å². The van der Waals surface area contributed by atoms with Gasteiger partial charge < -0.3 is 0 Å². The summed E-state index contributed by atoms with van der Waals surface area (Å²) >= 11 is 0.919. The van der Waals surface area contributed by atoms with Crippen LogP contribution in [0.25, 0.3) is 0 Å². The maximum atomic E-state index is 11.3. The van der Waals surface area contributed by atoms with Crippen molar-refractivity contribution >= 4 is 29.0 Å². The number of benzene rings is 1. The third-order valence-electron chi connectivity index (χ3n) is 2.05. The third-order valence-corrected chi connectivity index (χ3v) is 3.54. The summed E-state index contributed by atoms with van der Waals surface area (Å²) in [5.74, 6) is -0.610. The number of hydrogen-bond acceptors (Lipinski definition) is 5. The van der Waals surface area contributed by atoms with E-state index in [9.17, 15) is 19.7 Å². The molecule has 0 spiro atoms. The van der Waals surface area contributed by atoms with Crippen molar-refractivity contribution in [2.75, 3.05) is 0 Å². The fraction of sp³-hybridized carbons (Fsp3) is 0.273. The molecule has 0 aromatic heterocycles. The van der Waals surface area contributed by atoms with Crippen LogP contribution in [0.15, 0.2) is 29.2 Å². The van der Waals surface area contributed by atoms with Crippen LogP contribution in [0.4, 0.5) is 5.69 Å². The van der Waals surface area contributed by atoms with Gasteiger partial charge in [-0.05, 0) is 19.9 Å². The van der Waals surface area contributed by atoms with Gasteiger partial charge in [-0.2, -0.15) is 0 Å². The van der Waals surface area contributed by atoms with Crippen molar-refractivity contribution in [3.63, 3.8) is 0 Å². The molecule has 0 aliphatic carbocycles. The quantitative estimate of drug-likeness (QED) is 0.360. The van der Waals surface area contributed by atoms with Crippen molar-refractivity contribution in [1.29, 1.82) is 0 Å². The Hall–Kier alpha value is -1.18.